The van der Waals surface area contributed by atoms with Crippen LogP contribution in [0.2, 0.25) is 0 Å². The largest absolute Gasteiger partial charge is 0.422 e. The van der Waals surface area contributed by atoms with E-state index >= 15 is 0 Å². The first-order valence-electron chi connectivity index (χ1n) is 7.01. The van der Waals surface area contributed by atoms with Gasteiger partial charge in [0, 0.05) is 65.4 Å². The van der Waals surface area contributed by atoms with Crippen molar-refractivity contribution in [1.29, 1.82) is 1.28 Å². The van der Waals surface area contributed by atoms with Crippen molar-refractivity contribution in [3.05, 3.63) is 12.8 Å². The van der Waals surface area contributed by atoms with Crippen LogP contribution in [0.25, 0.3) is 0 Å². The number of aliphatic hydroxyl groups is 2. The molecule has 2 aliphatic heterocycles. The Balaban J connectivity index is 0.00000242. The fourth-order valence-electron chi connectivity index (χ4n) is 2.24. The van der Waals surface area contributed by atoms with Crippen LogP contribution >= 0.6 is 8.20 Å². The van der Waals surface area contributed by atoms with Gasteiger partial charge in [-0.3, -0.25) is 17.4 Å². The van der Waals surface area contributed by atoms with E-state index in [2.05, 4.69) is 0 Å². The van der Waals surface area contributed by atoms with Crippen molar-refractivity contribution in [1.82, 2.24) is 0 Å². The van der Waals surface area contributed by atoms with E-state index in [4.69, 9.17) is 24.9 Å². The molecule has 124 valence electrons. The molecule has 2 radical (unpaired) electrons. The van der Waals surface area contributed by atoms with Gasteiger partial charge in [-0.1, -0.05) is 26.1 Å². The monoisotopic (exact) mass is 488 g/mol. The summed E-state index contributed by atoms with van der Waals surface area (Å²) in [5.74, 6) is 0. The van der Waals surface area contributed by atoms with Crippen molar-refractivity contribution in [3.8, 4) is 0 Å². The summed E-state index contributed by atoms with van der Waals surface area (Å²) in [6.07, 6.45) is -0.213. The first-order chi connectivity index (χ1) is 9.80. The number of hydrogen-bond acceptors (Lipinski definition) is 7. The van der Waals surface area contributed by atoms with E-state index < -0.39 is 32.6 Å². The normalized spacial score (nSPS) is 41.2. The van der Waals surface area contributed by atoms with Gasteiger partial charge in [0.15, 0.2) is 1.28 Å². The molecule has 2 N–H and O–H groups in total. The van der Waals surface area contributed by atoms with E-state index in [1.807, 2.05) is 0 Å². The van der Waals surface area contributed by atoms with Gasteiger partial charge in [0.1, 0.15) is 0 Å². The molecule has 7 atom stereocenters. The molecule has 2 aliphatic rings. The standard InChI is InChI=1S/C12H21O7P.2Y/c1-7-3-9(14)12(18-7)6-16-20(15)19-10-4-8(2)17-11(10)5-13;;/h3-4,7-14,20H,5-6H2,1-2H3;;/q-2;;/t7-,8-,9?,10?,11+,12+;;/m0../s1/i20T;;. The Morgan fingerprint density at radius 2 is 1.82 bits per heavy atom. The quantitative estimate of drug-likeness (QED) is 0.405. The van der Waals surface area contributed by atoms with Crippen LogP contribution in [0.3, 0.4) is 0 Å². The molecular weight excluding hydrogens is 465 g/mol. The topological polar surface area (TPSA) is 94.5 Å². The summed E-state index contributed by atoms with van der Waals surface area (Å²) in [5, 5.41) is 18.8. The molecule has 0 spiro atoms. The number of hydrogen-bond donors (Lipinski definition) is 2. The van der Waals surface area contributed by atoms with Crippen molar-refractivity contribution < 1.29 is 98.7 Å². The second-order valence-electron chi connectivity index (χ2n) is 4.91. The van der Waals surface area contributed by atoms with Crippen LogP contribution in [0.4, 0.5) is 0 Å². The van der Waals surface area contributed by atoms with Crippen molar-refractivity contribution in [3.63, 3.8) is 0 Å². The second-order valence-corrected chi connectivity index (χ2v) is 5.82. The molecular formula is C12H21O7PY2-2. The predicted octanol–water partition coefficient (Wildman–Crippen LogP) is 0.109. The van der Waals surface area contributed by atoms with Crippen LogP contribution in [0.15, 0.2) is 0 Å². The van der Waals surface area contributed by atoms with Gasteiger partial charge in [-0.25, -0.2) is 0 Å². The van der Waals surface area contributed by atoms with Gasteiger partial charge in [0.25, 0.3) is 0 Å². The molecule has 2 fully saturated rings. The zero-order chi connectivity index (χ0) is 15.6. The maximum atomic E-state index is 12.0. The van der Waals surface area contributed by atoms with E-state index in [-0.39, 0.29) is 90.8 Å². The summed E-state index contributed by atoms with van der Waals surface area (Å²) < 4.78 is 40.3. The molecule has 10 heteroatoms. The molecule has 0 amide bonds. The van der Waals surface area contributed by atoms with Crippen LogP contribution in [-0.2, 0) is 88.5 Å². The summed E-state index contributed by atoms with van der Waals surface area (Å²) in [4.78, 5) is 0. The summed E-state index contributed by atoms with van der Waals surface area (Å²) in [6.45, 7) is 3.00. The molecule has 2 rings (SSSR count). The summed E-state index contributed by atoms with van der Waals surface area (Å²) in [7, 11) is -4.09. The maximum Gasteiger partial charge on any atom is 0.317 e. The average molecular weight is 488 g/mol. The molecule has 0 aromatic carbocycles. The Kier molecular flexibility index (Phi) is 11.9. The minimum atomic E-state index is -4.09. The number of ether oxygens (including phenoxy) is 2. The molecule has 2 saturated heterocycles. The Morgan fingerprint density at radius 1 is 1.23 bits per heavy atom. The summed E-state index contributed by atoms with van der Waals surface area (Å²) in [6, 6.07) is 0. The van der Waals surface area contributed by atoms with E-state index in [0.717, 1.165) is 0 Å². The zero-order valence-electron chi connectivity index (χ0n) is 13.6. The van der Waals surface area contributed by atoms with Gasteiger partial charge in [-0.15, -0.1) is 0 Å². The third kappa shape index (κ3) is 7.21. The molecule has 0 aliphatic carbocycles. The van der Waals surface area contributed by atoms with E-state index in [1.54, 1.807) is 26.7 Å². The third-order valence-electron chi connectivity index (χ3n) is 3.19. The van der Waals surface area contributed by atoms with Gasteiger partial charge >= 0.3 is 8.20 Å². The van der Waals surface area contributed by atoms with Gasteiger partial charge in [-0.2, -0.15) is 0 Å². The van der Waals surface area contributed by atoms with E-state index in [0.29, 0.717) is 0 Å². The Labute approximate surface area is 183 Å². The maximum absolute atomic E-state index is 12.0. The molecule has 7 nitrogen and oxygen atoms in total. The second kappa shape index (κ2) is 11.7. The molecule has 22 heavy (non-hydrogen) atoms. The number of rotatable bonds is 6. The zero-order valence-corrected chi connectivity index (χ0v) is 19.1. The van der Waals surface area contributed by atoms with Crippen molar-refractivity contribution in [2.75, 3.05) is 13.2 Å². The Morgan fingerprint density at radius 3 is 2.36 bits per heavy atom. The molecule has 0 aromatic heterocycles. The van der Waals surface area contributed by atoms with Gasteiger partial charge in [0.05, 0.1) is 25.4 Å². The molecule has 0 aromatic rings. The van der Waals surface area contributed by atoms with Gasteiger partial charge < -0.3 is 28.7 Å². The van der Waals surface area contributed by atoms with Crippen LogP contribution in [0.5, 0.6) is 0 Å². The molecule has 0 bridgehead atoms. The SMILES string of the molecule is [3H]P(=O)(OC[C@H]1O[C@@H](C)[CH-]C1O)OC1[CH-][C@H](C)O[C@@H]1CO.[Y].[Y]. The average Bonchev–Trinajstić information content (AvgIpc) is 2.88. The third-order valence-corrected chi connectivity index (χ3v) is 3.96. The minimum Gasteiger partial charge on any atom is -0.422 e. The first kappa shape index (κ1) is 22.2. The molecule has 0 saturated carbocycles. The van der Waals surface area contributed by atoms with Crippen LogP contribution in [-0.4, -0.2) is 61.3 Å². The Bertz CT molecular complexity index is 406. The van der Waals surface area contributed by atoms with Crippen LogP contribution in [0, 0.1) is 12.8 Å². The predicted molar refractivity (Wildman–Crippen MR) is 70.2 cm³/mol. The van der Waals surface area contributed by atoms with Gasteiger partial charge in [0.2, 0.25) is 0 Å². The van der Waals surface area contributed by atoms with Crippen molar-refractivity contribution in [2.45, 2.75) is 50.5 Å². The minimum absolute atomic E-state index is 0. The first-order valence-corrected chi connectivity index (χ1v) is 7.66. The van der Waals surface area contributed by atoms with Crippen molar-refractivity contribution >= 4 is 8.20 Å². The van der Waals surface area contributed by atoms with Crippen LogP contribution in [0.1, 0.15) is 13.8 Å². The van der Waals surface area contributed by atoms with E-state index in [1.165, 1.54) is 0 Å². The molecule has 3 unspecified atom stereocenters. The fraction of sp³-hybridized carbons (Fsp3) is 0.833. The van der Waals surface area contributed by atoms with Gasteiger partial charge in [-0.05, 0) is 12.2 Å². The summed E-state index contributed by atoms with van der Waals surface area (Å²) >= 11 is 0. The molecule has 2 heterocycles. The van der Waals surface area contributed by atoms with Crippen molar-refractivity contribution in [2.24, 2.45) is 0 Å². The van der Waals surface area contributed by atoms with E-state index in [9.17, 15) is 9.67 Å². The number of aliphatic hydroxyl groups excluding tert-OH is 2. The smallest absolute Gasteiger partial charge is 0.317 e. The summed E-state index contributed by atoms with van der Waals surface area (Å²) in [5.41, 5.74) is 0. The van der Waals surface area contributed by atoms with Crippen LogP contribution < -0.4 is 0 Å². The fourth-order valence-corrected chi connectivity index (χ4v) is 2.98. The Hall–Kier alpha value is 2.20.